The number of piperidine rings is 1. The van der Waals surface area contributed by atoms with E-state index in [2.05, 4.69) is 5.16 Å². The number of aryl methyl sites for hydroxylation is 1. The molecule has 2 heterocycles. The van der Waals surface area contributed by atoms with Crippen molar-refractivity contribution in [3.63, 3.8) is 0 Å². The molecule has 1 amide bonds. The van der Waals surface area contributed by atoms with E-state index < -0.39 is 0 Å². The molecule has 1 fully saturated rings. The van der Waals surface area contributed by atoms with E-state index in [0.29, 0.717) is 24.4 Å². The molecule has 0 aliphatic carbocycles. The highest BCUT2D eigenvalue weighted by molar-refractivity contribution is 5.95. The molecule has 1 aromatic heterocycles. The quantitative estimate of drug-likeness (QED) is 0.357. The van der Waals surface area contributed by atoms with Crippen molar-refractivity contribution in [2.24, 2.45) is 16.8 Å². The maximum Gasteiger partial charge on any atom is 0.257 e. The van der Waals surface area contributed by atoms with E-state index in [4.69, 9.17) is 15.4 Å². The molecule has 1 saturated heterocycles. The second kappa shape index (κ2) is 5.12. The summed E-state index contributed by atoms with van der Waals surface area (Å²) in [5.41, 5.74) is 6.18. The van der Waals surface area contributed by atoms with E-state index in [1.807, 2.05) is 0 Å². The molecule has 1 atom stereocenters. The normalized spacial score (nSPS) is 21.1. The first-order valence-electron chi connectivity index (χ1n) is 5.94. The fourth-order valence-corrected chi connectivity index (χ4v) is 2.26. The van der Waals surface area contributed by atoms with Crippen LogP contribution >= 0.6 is 0 Å². The van der Waals surface area contributed by atoms with Crippen molar-refractivity contribution in [1.82, 2.24) is 4.90 Å². The Balaban J connectivity index is 2.10. The van der Waals surface area contributed by atoms with Crippen LogP contribution < -0.4 is 5.73 Å². The minimum atomic E-state index is -0.0695. The highest BCUT2D eigenvalue weighted by Crippen LogP contribution is 2.20. The van der Waals surface area contributed by atoms with Gasteiger partial charge in [-0.3, -0.25) is 4.79 Å². The van der Waals surface area contributed by atoms with Crippen molar-refractivity contribution in [1.29, 1.82) is 0 Å². The molecule has 98 valence electrons. The van der Waals surface area contributed by atoms with Gasteiger partial charge in [0.25, 0.3) is 5.91 Å². The van der Waals surface area contributed by atoms with Gasteiger partial charge in [0.2, 0.25) is 0 Å². The first kappa shape index (κ1) is 12.5. The monoisotopic (exact) mass is 251 g/mol. The lowest BCUT2D eigenvalue weighted by Crippen LogP contribution is -2.44. The Bertz CT molecular complexity index is 467. The van der Waals surface area contributed by atoms with Crippen LogP contribution in [0.15, 0.2) is 21.9 Å². The van der Waals surface area contributed by atoms with Gasteiger partial charge in [0.05, 0.1) is 11.8 Å². The molecule has 0 radical (unpaired) electrons. The maximum atomic E-state index is 12.3. The Morgan fingerprint density at radius 2 is 2.44 bits per heavy atom. The fraction of sp³-hybridized carbons (Fsp3) is 0.500. The fourth-order valence-electron chi connectivity index (χ4n) is 2.26. The van der Waals surface area contributed by atoms with Crippen LogP contribution in [0.1, 0.15) is 29.0 Å². The molecular formula is C12H17N3O3. The smallest absolute Gasteiger partial charge is 0.257 e. The number of likely N-dealkylation sites (tertiary alicyclic amines) is 1. The predicted molar refractivity (Wildman–Crippen MR) is 65.5 cm³/mol. The number of nitrogens with two attached hydrogens (primary N) is 1. The third-order valence-electron chi connectivity index (χ3n) is 3.33. The van der Waals surface area contributed by atoms with Gasteiger partial charge < -0.3 is 20.3 Å². The van der Waals surface area contributed by atoms with Crippen molar-refractivity contribution in [2.45, 2.75) is 19.8 Å². The molecule has 1 unspecified atom stereocenters. The molecular weight excluding hydrogens is 234 g/mol. The number of carbonyl (C=O) groups is 1. The van der Waals surface area contributed by atoms with Crippen LogP contribution in [0, 0.1) is 12.8 Å². The Labute approximate surface area is 105 Å². The van der Waals surface area contributed by atoms with Gasteiger partial charge in [-0.05, 0) is 25.8 Å². The summed E-state index contributed by atoms with van der Waals surface area (Å²) in [6, 6.07) is 1.67. The summed E-state index contributed by atoms with van der Waals surface area (Å²) >= 11 is 0. The van der Waals surface area contributed by atoms with E-state index in [9.17, 15) is 4.79 Å². The number of carbonyl (C=O) groups excluding carboxylic acids is 1. The molecule has 0 spiro atoms. The summed E-state index contributed by atoms with van der Waals surface area (Å²) in [5.74, 6) is 0.680. The SMILES string of the molecule is Cc1occc1C(=O)N1CCCC(C(N)=NO)C1. The van der Waals surface area contributed by atoms with E-state index in [-0.39, 0.29) is 17.7 Å². The van der Waals surface area contributed by atoms with Crippen molar-refractivity contribution in [2.75, 3.05) is 13.1 Å². The number of nitrogens with zero attached hydrogens (tertiary/aromatic N) is 2. The summed E-state index contributed by atoms with van der Waals surface area (Å²) < 4.78 is 5.14. The molecule has 2 rings (SSSR count). The second-order valence-corrected chi connectivity index (χ2v) is 4.51. The second-order valence-electron chi connectivity index (χ2n) is 4.51. The minimum absolute atomic E-state index is 0.0586. The molecule has 0 saturated carbocycles. The van der Waals surface area contributed by atoms with Gasteiger partial charge in [-0.15, -0.1) is 0 Å². The summed E-state index contributed by atoms with van der Waals surface area (Å²) in [7, 11) is 0. The molecule has 18 heavy (non-hydrogen) atoms. The van der Waals surface area contributed by atoms with Crippen LogP contribution in [-0.2, 0) is 0 Å². The Morgan fingerprint density at radius 1 is 1.67 bits per heavy atom. The molecule has 0 aromatic carbocycles. The summed E-state index contributed by atoms with van der Waals surface area (Å²) in [5, 5.41) is 11.7. The number of amidine groups is 1. The number of furan rings is 1. The van der Waals surface area contributed by atoms with E-state index in [1.165, 1.54) is 6.26 Å². The maximum absolute atomic E-state index is 12.3. The van der Waals surface area contributed by atoms with Gasteiger partial charge in [0.15, 0.2) is 0 Å². The van der Waals surface area contributed by atoms with Gasteiger partial charge in [-0.1, -0.05) is 5.16 Å². The summed E-state index contributed by atoms with van der Waals surface area (Å²) in [6.45, 7) is 2.94. The largest absolute Gasteiger partial charge is 0.469 e. The molecule has 3 N–H and O–H groups in total. The average Bonchev–Trinajstić information content (AvgIpc) is 2.83. The van der Waals surface area contributed by atoms with Gasteiger partial charge in [0, 0.05) is 19.0 Å². The van der Waals surface area contributed by atoms with Gasteiger partial charge >= 0.3 is 0 Å². The molecule has 6 heteroatoms. The van der Waals surface area contributed by atoms with Crippen LogP contribution in [0.2, 0.25) is 0 Å². The first-order chi connectivity index (χ1) is 8.63. The Morgan fingerprint density at radius 3 is 3.06 bits per heavy atom. The zero-order valence-corrected chi connectivity index (χ0v) is 10.3. The van der Waals surface area contributed by atoms with Gasteiger partial charge in [0.1, 0.15) is 11.6 Å². The van der Waals surface area contributed by atoms with Crippen molar-refractivity contribution < 1.29 is 14.4 Å². The number of rotatable bonds is 2. The topological polar surface area (TPSA) is 92.1 Å². The van der Waals surface area contributed by atoms with E-state index in [0.717, 1.165) is 12.8 Å². The lowest BCUT2D eigenvalue weighted by Gasteiger charge is -2.31. The van der Waals surface area contributed by atoms with Crippen LogP contribution in [0.4, 0.5) is 0 Å². The lowest BCUT2D eigenvalue weighted by molar-refractivity contribution is 0.0699. The Hall–Kier alpha value is -1.98. The van der Waals surface area contributed by atoms with Gasteiger partial charge in [-0.25, -0.2) is 0 Å². The summed E-state index contributed by atoms with van der Waals surface area (Å²) in [4.78, 5) is 14.0. The summed E-state index contributed by atoms with van der Waals surface area (Å²) in [6.07, 6.45) is 3.20. The number of amides is 1. The highest BCUT2D eigenvalue weighted by Gasteiger charge is 2.28. The van der Waals surface area contributed by atoms with Crippen molar-refractivity contribution in [3.8, 4) is 0 Å². The van der Waals surface area contributed by atoms with Crippen LogP contribution in [0.25, 0.3) is 0 Å². The van der Waals surface area contributed by atoms with Crippen molar-refractivity contribution >= 4 is 11.7 Å². The molecule has 1 aliphatic rings. The molecule has 1 aliphatic heterocycles. The Kier molecular flexibility index (Phi) is 3.55. The first-order valence-corrected chi connectivity index (χ1v) is 5.94. The third kappa shape index (κ3) is 2.32. The standard InChI is InChI=1S/C12H17N3O3/c1-8-10(4-6-18-8)12(16)15-5-2-3-9(7-15)11(13)14-17/h4,6,9,17H,2-3,5,7H2,1H3,(H2,13,14). The zero-order chi connectivity index (χ0) is 13.1. The van der Waals surface area contributed by atoms with Gasteiger partial charge in [-0.2, -0.15) is 0 Å². The van der Waals surface area contributed by atoms with Crippen LogP contribution in [0.3, 0.4) is 0 Å². The van der Waals surface area contributed by atoms with E-state index >= 15 is 0 Å². The average molecular weight is 251 g/mol. The van der Waals surface area contributed by atoms with Crippen LogP contribution in [0.5, 0.6) is 0 Å². The highest BCUT2D eigenvalue weighted by atomic mass is 16.4. The predicted octanol–water partition coefficient (Wildman–Crippen LogP) is 1.19. The number of oxime groups is 1. The minimum Gasteiger partial charge on any atom is -0.469 e. The molecule has 0 bridgehead atoms. The third-order valence-corrected chi connectivity index (χ3v) is 3.33. The number of hydrogen-bond donors (Lipinski definition) is 2. The van der Waals surface area contributed by atoms with Crippen LogP contribution in [-0.4, -0.2) is 34.9 Å². The molecule has 1 aromatic rings. The zero-order valence-electron chi connectivity index (χ0n) is 10.3. The van der Waals surface area contributed by atoms with E-state index in [1.54, 1.807) is 17.9 Å². The van der Waals surface area contributed by atoms with Crippen molar-refractivity contribution in [3.05, 3.63) is 23.7 Å². The lowest BCUT2D eigenvalue weighted by atomic mass is 9.96. The molecule has 6 nitrogen and oxygen atoms in total. The number of hydrogen-bond acceptors (Lipinski definition) is 4.